The van der Waals surface area contributed by atoms with E-state index in [0.717, 1.165) is 30.4 Å². The lowest BCUT2D eigenvalue weighted by atomic mass is 10.0. The fourth-order valence-electron chi connectivity index (χ4n) is 2.31. The molecular weight excluding hydrogens is 254 g/mol. The van der Waals surface area contributed by atoms with Gasteiger partial charge < -0.3 is 4.74 Å². The van der Waals surface area contributed by atoms with Crippen LogP contribution >= 0.6 is 0 Å². The zero-order valence-corrected chi connectivity index (χ0v) is 12.3. The van der Waals surface area contributed by atoms with Crippen molar-refractivity contribution in [2.45, 2.75) is 52.1 Å². The molecule has 0 spiro atoms. The number of hydrogen-bond donors (Lipinski definition) is 1. The summed E-state index contributed by atoms with van der Waals surface area (Å²) >= 11 is 0. The van der Waals surface area contributed by atoms with Crippen LogP contribution in [0.3, 0.4) is 0 Å². The Morgan fingerprint density at radius 1 is 1.20 bits per heavy atom. The van der Waals surface area contributed by atoms with E-state index in [4.69, 9.17) is 4.74 Å². The van der Waals surface area contributed by atoms with Crippen LogP contribution in [0.4, 0.5) is 10.5 Å². The van der Waals surface area contributed by atoms with Crippen molar-refractivity contribution in [2.75, 3.05) is 5.32 Å². The lowest BCUT2D eigenvalue weighted by molar-refractivity contribution is 0.0636. The van der Waals surface area contributed by atoms with Gasteiger partial charge >= 0.3 is 6.09 Å². The smallest absolute Gasteiger partial charge is 0.412 e. The average molecular weight is 275 g/mol. The number of fused-ring (bicyclic) bond motifs is 1. The van der Waals surface area contributed by atoms with E-state index in [1.54, 1.807) is 12.1 Å². The van der Waals surface area contributed by atoms with Crippen molar-refractivity contribution < 1.29 is 14.3 Å². The second-order valence-corrected chi connectivity index (χ2v) is 6.13. The van der Waals surface area contributed by atoms with Gasteiger partial charge in [-0.2, -0.15) is 0 Å². The van der Waals surface area contributed by atoms with Gasteiger partial charge in [-0.15, -0.1) is 0 Å². The summed E-state index contributed by atoms with van der Waals surface area (Å²) in [5.74, 6) is 0.196. The largest absolute Gasteiger partial charge is 0.444 e. The third-order valence-corrected chi connectivity index (χ3v) is 3.15. The van der Waals surface area contributed by atoms with E-state index in [9.17, 15) is 9.59 Å². The minimum absolute atomic E-state index is 0.196. The minimum Gasteiger partial charge on any atom is -0.444 e. The standard InChI is InChI=1S/C16H21NO3/c1-16(2,3)20-15(19)17-12-8-9-13-11(10-12)6-4-5-7-14(13)18/h8-10H,4-7H2,1-3H3,(H,17,19). The maximum absolute atomic E-state index is 11.9. The lowest BCUT2D eigenvalue weighted by Gasteiger charge is -2.20. The maximum atomic E-state index is 11.9. The van der Waals surface area contributed by atoms with E-state index >= 15 is 0 Å². The molecule has 20 heavy (non-hydrogen) atoms. The van der Waals surface area contributed by atoms with Crippen LogP contribution in [0.2, 0.25) is 0 Å². The molecule has 0 radical (unpaired) electrons. The molecule has 1 N–H and O–H groups in total. The number of Topliss-reactive ketones (excluding diaryl/α,β-unsaturated/α-hetero) is 1. The molecule has 0 saturated carbocycles. The summed E-state index contributed by atoms with van der Waals surface area (Å²) in [7, 11) is 0. The van der Waals surface area contributed by atoms with Crippen molar-refractivity contribution in [3.8, 4) is 0 Å². The first kappa shape index (κ1) is 14.6. The van der Waals surface area contributed by atoms with Gasteiger partial charge in [0.2, 0.25) is 0 Å². The van der Waals surface area contributed by atoms with Crippen LogP contribution < -0.4 is 5.32 Å². The van der Waals surface area contributed by atoms with Crippen molar-refractivity contribution in [3.05, 3.63) is 29.3 Å². The molecule has 1 aliphatic rings. The monoisotopic (exact) mass is 275 g/mol. The summed E-state index contributed by atoms with van der Waals surface area (Å²) in [6.45, 7) is 5.47. The quantitative estimate of drug-likeness (QED) is 0.790. The first-order chi connectivity index (χ1) is 9.35. The third-order valence-electron chi connectivity index (χ3n) is 3.15. The summed E-state index contributed by atoms with van der Waals surface area (Å²) in [5, 5.41) is 2.71. The molecule has 0 aromatic heterocycles. The van der Waals surface area contributed by atoms with E-state index in [1.165, 1.54) is 0 Å². The zero-order valence-electron chi connectivity index (χ0n) is 12.3. The summed E-state index contributed by atoms with van der Waals surface area (Å²) in [4.78, 5) is 23.6. The molecule has 0 unspecified atom stereocenters. The van der Waals surface area contributed by atoms with E-state index in [0.29, 0.717) is 12.1 Å². The van der Waals surface area contributed by atoms with Gasteiger partial charge in [-0.3, -0.25) is 10.1 Å². The Kier molecular flexibility index (Phi) is 4.12. The summed E-state index contributed by atoms with van der Waals surface area (Å²) in [6.07, 6.45) is 2.96. The number of carbonyl (C=O) groups is 2. The van der Waals surface area contributed by atoms with E-state index in [1.807, 2.05) is 26.8 Å². The number of hydrogen-bond acceptors (Lipinski definition) is 3. The Morgan fingerprint density at radius 2 is 1.90 bits per heavy atom. The molecule has 1 amide bonds. The van der Waals surface area contributed by atoms with Gasteiger partial charge in [-0.1, -0.05) is 0 Å². The van der Waals surface area contributed by atoms with E-state index in [2.05, 4.69) is 5.32 Å². The van der Waals surface area contributed by atoms with Crippen molar-refractivity contribution in [2.24, 2.45) is 0 Å². The molecule has 108 valence electrons. The normalized spacial score (nSPS) is 15.2. The third kappa shape index (κ3) is 3.83. The fraction of sp³-hybridized carbons (Fsp3) is 0.500. The number of benzene rings is 1. The van der Waals surface area contributed by atoms with Crippen LogP contribution in [0.1, 0.15) is 56.0 Å². The molecule has 0 saturated heterocycles. The van der Waals surface area contributed by atoms with E-state index < -0.39 is 11.7 Å². The van der Waals surface area contributed by atoms with Gasteiger partial charge in [0.25, 0.3) is 0 Å². The first-order valence-corrected chi connectivity index (χ1v) is 7.01. The van der Waals surface area contributed by atoms with Crippen LogP contribution in [-0.4, -0.2) is 17.5 Å². The Balaban J connectivity index is 2.13. The van der Waals surface area contributed by atoms with Crippen molar-refractivity contribution >= 4 is 17.6 Å². The molecule has 0 aliphatic heterocycles. The van der Waals surface area contributed by atoms with Crippen LogP contribution in [-0.2, 0) is 11.2 Å². The van der Waals surface area contributed by atoms with Gasteiger partial charge in [-0.05, 0) is 63.8 Å². The summed E-state index contributed by atoms with van der Waals surface area (Å²) in [6, 6.07) is 5.43. The average Bonchev–Trinajstić information content (AvgIpc) is 2.49. The molecule has 4 heteroatoms. The molecule has 1 aliphatic carbocycles. The van der Waals surface area contributed by atoms with Gasteiger partial charge in [0.15, 0.2) is 5.78 Å². The van der Waals surface area contributed by atoms with Crippen molar-refractivity contribution in [1.29, 1.82) is 0 Å². The highest BCUT2D eigenvalue weighted by molar-refractivity contribution is 5.98. The van der Waals surface area contributed by atoms with Crippen molar-refractivity contribution in [1.82, 2.24) is 0 Å². The molecule has 1 aromatic carbocycles. The number of ketones is 1. The van der Waals surface area contributed by atoms with Crippen LogP contribution in [0.5, 0.6) is 0 Å². The number of ether oxygens (including phenoxy) is 1. The predicted octanol–water partition coefficient (Wildman–Crippen LogP) is 3.94. The van der Waals surface area contributed by atoms with Gasteiger partial charge in [0, 0.05) is 17.7 Å². The van der Waals surface area contributed by atoms with Crippen LogP contribution in [0.15, 0.2) is 18.2 Å². The van der Waals surface area contributed by atoms with Crippen molar-refractivity contribution in [3.63, 3.8) is 0 Å². The molecule has 0 fully saturated rings. The highest BCUT2D eigenvalue weighted by atomic mass is 16.6. The highest BCUT2D eigenvalue weighted by Gasteiger charge is 2.18. The first-order valence-electron chi connectivity index (χ1n) is 7.01. The highest BCUT2D eigenvalue weighted by Crippen LogP contribution is 2.24. The summed E-state index contributed by atoms with van der Waals surface area (Å²) < 4.78 is 5.21. The van der Waals surface area contributed by atoms with Crippen LogP contribution in [0, 0.1) is 0 Å². The van der Waals surface area contributed by atoms with Gasteiger partial charge in [0.05, 0.1) is 0 Å². The minimum atomic E-state index is -0.522. The SMILES string of the molecule is CC(C)(C)OC(=O)Nc1ccc2c(c1)CCCCC2=O. The Labute approximate surface area is 119 Å². The molecule has 4 nitrogen and oxygen atoms in total. The summed E-state index contributed by atoms with van der Waals surface area (Å²) in [5.41, 5.74) is 1.96. The molecule has 0 heterocycles. The van der Waals surface area contributed by atoms with Gasteiger partial charge in [-0.25, -0.2) is 4.79 Å². The Morgan fingerprint density at radius 3 is 2.60 bits per heavy atom. The lowest BCUT2D eigenvalue weighted by Crippen LogP contribution is -2.27. The fourth-order valence-corrected chi connectivity index (χ4v) is 2.31. The predicted molar refractivity (Wildman–Crippen MR) is 78.2 cm³/mol. The second-order valence-electron chi connectivity index (χ2n) is 6.13. The molecule has 0 bridgehead atoms. The number of nitrogens with one attached hydrogen (secondary N) is 1. The maximum Gasteiger partial charge on any atom is 0.412 e. The molecule has 0 atom stereocenters. The second kappa shape index (κ2) is 5.65. The van der Waals surface area contributed by atoms with Crippen LogP contribution in [0.25, 0.3) is 0 Å². The molecule has 1 aromatic rings. The Hall–Kier alpha value is -1.84. The Bertz CT molecular complexity index is 529. The number of carbonyl (C=O) groups excluding carboxylic acids is 2. The number of rotatable bonds is 1. The zero-order chi connectivity index (χ0) is 14.8. The molecular formula is C16H21NO3. The number of aryl methyl sites for hydroxylation is 1. The number of anilines is 1. The topological polar surface area (TPSA) is 55.4 Å². The number of amides is 1. The van der Waals surface area contributed by atoms with E-state index in [-0.39, 0.29) is 5.78 Å². The molecule has 2 rings (SSSR count). The van der Waals surface area contributed by atoms with Gasteiger partial charge in [0.1, 0.15) is 5.60 Å².